The average molecular weight is 464 g/mol. The second kappa shape index (κ2) is 8.65. The molecule has 0 radical (unpaired) electrons. The molecule has 2 unspecified atom stereocenters. The number of amides is 3. The number of ether oxygens (including phenoxy) is 1. The first-order chi connectivity index (χ1) is 15.3. The molecule has 9 heteroatoms. The van der Waals surface area contributed by atoms with E-state index in [9.17, 15) is 19.5 Å². The summed E-state index contributed by atoms with van der Waals surface area (Å²) < 4.78 is 6.49. The molecule has 8 nitrogen and oxygen atoms in total. The quantitative estimate of drug-likeness (QED) is 0.546. The third-order valence-electron chi connectivity index (χ3n) is 7.03. The maximum absolute atomic E-state index is 13.6. The predicted octanol–water partition coefficient (Wildman–Crippen LogP) is 1.95. The third kappa shape index (κ3) is 3.58. The largest absolute Gasteiger partial charge is 0.396 e. The van der Waals surface area contributed by atoms with E-state index in [2.05, 4.69) is 10.6 Å². The number of carbonyl (C=O) groups is 3. The fourth-order valence-electron chi connectivity index (χ4n) is 5.71. The number of anilines is 1. The van der Waals surface area contributed by atoms with Crippen molar-refractivity contribution in [2.75, 3.05) is 25.0 Å². The van der Waals surface area contributed by atoms with Crippen LogP contribution in [0, 0.1) is 11.8 Å². The van der Waals surface area contributed by atoms with Crippen LogP contribution >= 0.6 is 11.6 Å². The highest BCUT2D eigenvalue weighted by Crippen LogP contribution is 2.63. The molecule has 3 aliphatic heterocycles. The second-order valence-corrected chi connectivity index (χ2v) is 9.56. The fraction of sp³-hybridized carbons (Fsp3) is 0.609. The summed E-state index contributed by atoms with van der Waals surface area (Å²) in [7, 11) is 0. The van der Waals surface area contributed by atoms with Gasteiger partial charge in [0.05, 0.1) is 17.4 Å². The molecule has 32 heavy (non-hydrogen) atoms. The SMILES string of the molecule is CCCNC(=O)[C@@H]1[C@H]2C(=O)N(CCCO)C(C(=O)Nc3ccc(Cl)cc3)C23CC[C@@]1(C)O3. The van der Waals surface area contributed by atoms with Gasteiger partial charge in [0.25, 0.3) is 0 Å². The molecule has 2 bridgehead atoms. The minimum Gasteiger partial charge on any atom is -0.396 e. The van der Waals surface area contributed by atoms with Crippen molar-refractivity contribution in [2.24, 2.45) is 11.8 Å². The number of nitrogens with one attached hydrogen (secondary N) is 2. The van der Waals surface area contributed by atoms with Crippen LogP contribution < -0.4 is 10.6 Å². The highest BCUT2D eigenvalue weighted by atomic mass is 35.5. The highest BCUT2D eigenvalue weighted by molar-refractivity contribution is 6.30. The second-order valence-electron chi connectivity index (χ2n) is 9.12. The maximum Gasteiger partial charge on any atom is 0.250 e. The van der Waals surface area contributed by atoms with E-state index in [1.807, 2.05) is 13.8 Å². The summed E-state index contributed by atoms with van der Waals surface area (Å²) in [4.78, 5) is 41.7. The lowest BCUT2D eigenvalue weighted by molar-refractivity contribution is -0.144. The van der Waals surface area contributed by atoms with E-state index in [0.29, 0.717) is 36.5 Å². The molecule has 1 aromatic carbocycles. The summed E-state index contributed by atoms with van der Waals surface area (Å²) in [5.74, 6) is -2.19. The van der Waals surface area contributed by atoms with Crippen LogP contribution in [-0.4, -0.2) is 64.7 Å². The average Bonchev–Trinajstić information content (AvgIpc) is 3.33. The lowest BCUT2D eigenvalue weighted by atomic mass is 9.66. The van der Waals surface area contributed by atoms with Crippen molar-refractivity contribution in [2.45, 2.75) is 56.8 Å². The lowest BCUT2D eigenvalue weighted by Gasteiger charge is -2.33. The molecule has 174 valence electrons. The molecule has 4 rings (SSSR count). The zero-order valence-electron chi connectivity index (χ0n) is 18.4. The monoisotopic (exact) mass is 463 g/mol. The van der Waals surface area contributed by atoms with Gasteiger partial charge >= 0.3 is 0 Å². The number of likely N-dealkylation sites (tertiary alicyclic amines) is 1. The first-order valence-electron chi connectivity index (χ1n) is 11.2. The van der Waals surface area contributed by atoms with Crippen molar-refractivity contribution >= 4 is 35.0 Å². The van der Waals surface area contributed by atoms with Crippen LogP contribution in [-0.2, 0) is 19.1 Å². The molecule has 3 amide bonds. The molecule has 3 heterocycles. The Hall–Kier alpha value is -2.16. The van der Waals surface area contributed by atoms with Crippen molar-refractivity contribution in [3.05, 3.63) is 29.3 Å². The summed E-state index contributed by atoms with van der Waals surface area (Å²) in [5, 5.41) is 15.7. The normalized spacial score (nSPS) is 32.8. The van der Waals surface area contributed by atoms with Crippen molar-refractivity contribution < 1.29 is 24.2 Å². The van der Waals surface area contributed by atoms with Gasteiger partial charge in [-0.3, -0.25) is 14.4 Å². The molecular formula is C23H30ClN3O5. The Kier molecular flexibility index (Phi) is 6.22. The lowest BCUT2D eigenvalue weighted by Crippen LogP contribution is -2.53. The number of aliphatic hydroxyl groups excluding tert-OH is 1. The number of hydrogen-bond donors (Lipinski definition) is 3. The van der Waals surface area contributed by atoms with Crippen molar-refractivity contribution in [1.29, 1.82) is 0 Å². The summed E-state index contributed by atoms with van der Waals surface area (Å²) in [6, 6.07) is 5.86. The maximum atomic E-state index is 13.6. The predicted molar refractivity (Wildman–Crippen MR) is 119 cm³/mol. The van der Waals surface area contributed by atoms with Gasteiger partial charge in [0, 0.05) is 30.4 Å². The molecule has 3 fully saturated rings. The summed E-state index contributed by atoms with van der Waals surface area (Å²) in [6.45, 7) is 4.47. The molecule has 0 saturated carbocycles. The molecule has 5 atom stereocenters. The van der Waals surface area contributed by atoms with Gasteiger partial charge in [0.15, 0.2) is 0 Å². The van der Waals surface area contributed by atoms with E-state index in [-0.39, 0.29) is 30.9 Å². The Balaban J connectivity index is 1.68. The van der Waals surface area contributed by atoms with E-state index in [4.69, 9.17) is 16.3 Å². The molecular weight excluding hydrogens is 434 g/mol. The molecule has 3 saturated heterocycles. The standard InChI is InChI=1S/C23H30ClN3O5/c1-3-11-25-19(29)16-17-21(31)27(12-4-13-28)18(23(17)10-9-22(16,2)32-23)20(30)26-15-7-5-14(24)6-8-15/h5-8,16-18,28H,3-4,9-13H2,1-2H3,(H,25,29)(H,26,30)/t16-,17-,18?,22+,23?/m0/s1. The Morgan fingerprint density at radius 1 is 1.25 bits per heavy atom. The van der Waals surface area contributed by atoms with Crippen LogP contribution in [0.25, 0.3) is 0 Å². The first kappa shape index (κ1) is 23.0. The number of rotatable bonds is 8. The van der Waals surface area contributed by atoms with Gasteiger partial charge < -0.3 is 25.4 Å². The van der Waals surface area contributed by atoms with Crippen molar-refractivity contribution in [3.63, 3.8) is 0 Å². The molecule has 0 aromatic heterocycles. The fourth-order valence-corrected chi connectivity index (χ4v) is 5.84. The van der Waals surface area contributed by atoms with Gasteiger partial charge in [-0.05, 0) is 56.9 Å². The Morgan fingerprint density at radius 3 is 2.62 bits per heavy atom. The van der Waals surface area contributed by atoms with Gasteiger partial charge in [-0.25, -0.2) is 0 Å². The minimum atomic E-state index is -1.06. The minimum absolute atomic E-state index is 0.105. The van der Waals surface area contributed by atoms with Gasteiger partial charge in [-0.1, -0.05) is 18.5 Å². The van der Waals surface area contributed by atoms with Crippen molar-refractivity contribution in [1.82, 2.24) is 10.2 Å². The van der Waals surface area contributed by atoms with Crippen molar-refractivity contribution in [3.8, 4) is 0 Å². The van der Waals surface area contributed by atoms with E-state index in [0.717, 1.165) is 6.42 Å². The van der Waals surface area contributed by atoms with E-state index >= 15 is 0 Å². The zero-order valence-corrected chi connectivity index (χ0v) is 19.2. The van der Waals surface area contributed by atoms with Crippen LogP contribution in [0.2, 0.25) is 5.02 Å². The van der Waals surface area contributed by atoms with Crippen LogP contribution in [0.3, 0.4) is 0 Å². The van der Waals surface area contributed by atoms with Gasteiger partial charge in [0.2, 0.25) is 17.7 Å². The summed E-state index contributed by atoms with van der Waals surface area (Å²) in [6.07, 6.45) is 2.24. The highest BCUT2D eigenvalue weighted by Gasteiger charge is 2.77. The third-order valence-corrected chi connectivity index (χ3v) is 7.28. The van der Waals surface area contributed by atoms with Crippen LogP contribution in [0.4, 0.5) is 5.69 Å². The zero-order chi connectivity index (χ0) is 23.1. The van der Waals surface area contributed by atoms with Gasteiger partial charge in [0.1, 0.15) is 11.6 Å². The van der Waals surface area contributed by atoms with E-state index in [1.54, 1.807) is 24.3 Å². The van der Waals surface area contributed by atoms with Crippen LogP contribution in [0.1, 0.15) is 39.5 Å². The Morgan fingerprint density at radius 2 is 1.97 bits per heavy atom. The number of carbonyl (C=O) groups excluding carboxylic acids is 3. The Bertz CT molecular complexity index is 909. The number of benzene rings is 1. The van der Waals surface area contributed by atoms with Gasteiger partial charge in [-0.15, -0.1) is 0 Å². The number of nitrogens with zero attached hydrogens (tertiary/aromatic N) is 1. The van der Waals surface area contributed by atoms with E-state index < -0.39 is 29.1 Å². The Labute approximate surface area is 192 Å². The van der Waals surface area contributed by atoms with Crippen LogP contribution in [0.5, 0.6) is 0 Å². The van der Waals surface area contributed by atoms with E-state index in [1.165, 1.54) is 4.90 Å². The number of aliphatic hydroxyl groups is 1. The smallest absolute Gasteiger partial charge is 0.250 e. The molecule has 3 N–H and O–H groups in total. The summed E-state index contributed by atoms with van der Waals surface area (Å²) >= 11 is 5.95. The van der Waals surface area contributed by atoms with Crippen LogP contribution in [0.15, 0.2) is 24.3 Å². The number of halogens is 1. The topological polar surface area (TPSA) is 108 Å². The summed E-state index contributed by atoms with van der Waals surface area (Å²) in [5.41, 5.74) is -1.30. The number of hydrogen-bond acceptors (Lipinski definition) is 5. The number of fused-ring (bicyclic) bond motifs is 1. The molecule has 0 aliphatic carbocycles. The molecule has 1 aromatic rings. The first-order valence-corrected chi connectivity index (χ1v) is 11.6. The van der Waals surface area contributed by atoms with Gasteiger partial charge in [-0.2, -0.15) is 0 Å². The molecule has 1 spiro atoms. The molecule has 3 aliphatic rings.